The fourth-order valence-corrected chi connectivity index (χ4v) is 3.66. The third-order valence-electron chi connectivity index (χ3n) is 3.50. The van der Waals surface area contributed by atoms with Gasteiger partial charge in [-0.3, -0.25) is 10.1 Å². The molecule has 0 unspecified atom stereocenters. The summed E-state index contributed by atoms with van der Waals surface area (Å²) >= 11 is 6.88. The Bertz CT molecular complexity index is 1030. The van der Waals surface area contributed by atoms with Crippen LogP contribution in [0.1, 0.15) is 21.1 Å². The molecule has 2 N–H and O–H groups in total. The summed E-state index contributed by atoms with van der Waals surface area (Å²) in [6, 6.07) is 4.29. The number of hydrogen-bond donors (Lipinski definition) is 2. The van der Waals surface area contributed by atoms with Gasteiger partial charge in [0, 0.05) is 11.8 Å². The molecule has 0 amide bonds. The highest BCUT2D eigenvalue weighted by molar-refractivity contribution is 7.20. The summed E-state index contributed by atoms with van der Waals surface area (Å²) in [4.78, 5) is 31.1. The summed E-state index contributed by atoms with van der Waals surface area (Å²) in [6.45, 7) is 3.36. The van der Waals surface area contributed by atoms with Crippen LogP contribution in [0.2, 0.25) is 5.02 Å². The first-order chi connectivity index (χ1) is 11.8. The number of halogens is 1. The van der Waals surface area contributed by atoms with E-state index >= 15 is 0 Å². The molecule has 0 atom stereocenters. The van der Waals surface area contributed by atoms with Crippen molar-refractivity contribution < 1.29 is 14.8 Å². The van der Waals surface area contributed by atoms with Crippen LogP contribution in [0, 0.1) is 24.0 Å². The van der Waals surface area contributed by atoms with Gasteiger partial charge in [0.15, 0.2) is 0 Å². The van der Waals surface area contributed by atoms with E-state index in [9.17, 15) is 20.0 Å². The van der Waals surface area contributed by atoms with Gasteiger partial charge in [-0.25, -0.2) is 14.8 Å². The van der Waals surface area contributed by atoms with Crippen molar-refractivity contribution >= 4 is 56.3 Å². The van der Waals surface area contributed by atoms with E-state index < -0.39 is 10.9 Å². The minimum Gasteiger partial charge on any atom is -0.477 e. The van der Waals surface area contributed by atoms with Crippen LogP contribution >= 0.6 is 22.9 Å². The third-order valence-corrected chi connectivity index (χ3v) is 5.00. The molecule has 2 aromatic heterocycles. The van der Waals surface area contributed by atoms with E-state index in [1.54, 1.807) is 19.9 Å². The molecule has 0 saturated carbocycles. The number of carbonyl (C=O) groups is 1. The topological polar surface area (TPSA) is 118 Å². The zero-order valence-corrected chi connectivity index (χ0v) is 14.6. The Hall–Kier alpha value is -2.78. The van der Waals surface area contributed by atoms with Crippen LogP contribution in [0.5, 0.6) is 0 Å². The number of nitrogens with one attached hydrogen (secondary N) is 1. The number of aromatic carboxylic acids is 1. The van der Waals surface area contributed by atoms with Crippen molar-refractivity contribution in [3.05, 3.63) is 49.6 Å². The van der Waals surface area contributed by atoms with Crippen LogP contribution in [0.3, 0.4) is 0 Å². The number of fused-ring (bicyclic) bond motifs is 1. The minimum atomic E-state index is -1.04. The molecule has 3 rings (SSSR count). The molecule has 0 saturated heterocycles. The van der Waals surface area contributed by atoms with Crippen molar-refractivity contribution in [2.24, 2.45) is 0 Å². The lowest BCUT2D eigenvalue weighted by Gasteiger charge is -2.09. The highest BCUT2D eigenvalue weighted by atomic mass is 35.5. The van der Waals surface area contributed by atoms with Crippen molar-refractivity contribution in [2.45, 2.75) is 13.8 Å². The molecule has 0 spiro atoms. The average molecular weight is 379 g/mol. The maximum atomic E-state index is 11.4. The number of nitro benzene ring substituents is 1. The molecule has 2 heterocycles. The Morgan fingerprint density at radius 3 is 2.72 bits per heavy atom. The van der Waals surface area contributed by atoms with Gasteiger partial charge in [-0.05, 0) is 31.5 Å². The molecule has 0 bridgehead atoms. The molecule has 3 aromatic rings. The number of aromatic nitrogens is 2. The van der Waals surface area contributed by atoms with Gasteiger partial charge >= 0.3 is 5.97 Å². The first-order valence-corrected chi connectivity index (χ1v) is 8.19. The number of nitrogens with zero attached hydrogens (tertiary/aromatic N) is 3. The van der Waals surface area contributed by atoms with Crippen molar-refractivity contribution in [1.29, 1.82) is 0 Å². The van der Waals surface area contributed by atoms with E-state index in [1.165, 1.54) is 12.1 Å². The van der Waals surface area contributed by atoms with E-state index in [0.29, 0.717) is 33.1 Å². The molecule has 0 aliphatic heterocycles. The average Bonchev–Trinajstić information content (AvgIpc) is 2.86. The molecule has 0 fully saturated rings. The molecule has 0 aliphatic carbocycles. The zero-order valence-electron chi connectivity index (χ0n) is 13.0. The Balaban J connectivity index is 2.14. The quantitative estimate of drug-likeness (QED) is 0.512. The van der Waals surface area contributed by atoms with Crippen molar-refractivity contribution in [1.82, 2.24) is 9.97 Å². The van der Waals surface area contributed by atoms with Crippen molar-refractivity contribution in [3.63, 3.8) is 0 Å². The molecule has 25 heavy (non-hydrogen) atoms. The summed E-state index contributed by atoms with van der Waals surface area (Å²) in [5.41, 5.74) is 0.721. The Morgan fingerprint density at radius 1 is 1.36 bits per heavy atom. The number of hydrogen-bond acceptors (Lipinski definition) is 7. The van der Waals surface area contributed by atoms with E-state index in [4.69, 9.17) is 11.6 Å². The molecule has 10 heteroatoms. The Labute approximate surface area is 150 Å². The summed E-state index contributed by atoms with van der Waals surface area (Å²) < 4.78 is 0. The SMILES string of the molecule is Cc1nc(Nc2ccc(Cl)c([N+](=O)[O-])c2)c2c(C)c(C(=O)O)sc2n1. The molecule has 128 valence electrons. The van der Waals surface area contributed by atoms with E-state index in [-0.39, 0.29) is 15.6 Å². The number of benzene rings is 1. The second-order valence-corrected chi connectivity index (χ2v) is 6.62. The zero-order chi connectivity index (χ0) is 18.3. The first kappa shape index (κ1) is 17.1. The van der Waals surface area contributed by atoms with E-state index in [1.807, 2.05) is 0 Å². The van der Waals surface area contributed by atoms with Gasteiger partial charge in [0.25, 0.3) is 5.69 Å². The largest absolute Gasteiger partial charge is 0.477 e. The lowest BCUT2D eigenvalue weighted by Crippen LogP contribution is -2.00. The lowest BCUT2D eigenvalue weighted by molar-refractivity contribution is -0.384. The van der Waals surface area contributed by atoms with Crippen molar-refractivity contribution in [3.8, 4) is 0 Å². The monoisotopic (exact) mass is 378 g/mol. The van der Waals surface area contributed by atoms with Crippen LogP contribution in [0.15, 0.2) is 18.2 Å². The fourth-order valence-electron chi connectivity index (χ4n) is 2.41. The minimum absolute atomic E-state index is 0.0273. The number of thiophene rings is 1. The number of anilines is 2. The van der Waals surface area contributed by atoms with Crippen LogP contribution in [0.25, 0.3) is 10.2 Å². The summed E-state index contributed by atoms with van der Waals surface area (Å²) in [6.07, 6.45) is 0. The number of carboxylic acid groups (broad SMARTS) is 1. The van der Waals surface area contributed by atoms with Gasteiger partial charge in [-0.15, -0.1) is 11.3 Å². The maximum Gasteiger partial charge on any atom is 0.346 e. The molecule has 8 nitrogen and oxygen atoms in total. The number of nitro groups is 1. The fraction of sp³-hybridized carbons (Fsp3) is 0.133. The normalized spacial score (nSPS) is 10.8. The standard InChI is InChI=1S/C15H11ClN4O4S/c1-6-11-13(17-7(2)18-14(11)25-12(6)15(21)22)19-8-3-4-9(16)10(5-8)20(23)24/h3-5H,1-2H3,(H,21,22)(H,17,18,19). The van der Waals surface area contributed by atoms with Gasteiger partial charge in [-0.1, -0.05) is 11.6 Å². The predicted molar refractivity (Wildman–Crippen MR) is 95.2 cm³/mol. The highest BCUT2D eigenvalue weighted by Gasteiger charge is 2.20. The smallest absolute Gasteiger partial charge is 0.346 e. The molecule has 0 aliphatic rings. The van der Waals surface area contributed by atoms with Gasteiger partial charge in [0.2, 0.25) is 0 Å². The van der Waals surface area contributed by atoms with E-state index in [2.05, 4.69) is 15.3 Å². The molecule has 1 aromatic carbocycles. The number of rotatable bonds is 4. The lowest BCUT2D eigenvalue weighted by atomic mass is 10.2. The first-order valence-electron chi connectivity index (χ1n) is 7.00. The van der Waals surface area contributed by atoms with Crippen LogP contribution < -0.4 is 5.32 Å². The molecular weight excluding hydrogens is 368 g/mol. The van der Waals surface area contributed by atoms with Crippen LogP contribution in [-0.4, -0.2) is 26.0 Å². The Kier molecular flexibility index (Phi) is 4.27. The van der Waals surface area contributed by atoms with Crippen molar-refractivity contribution in [2.75, 3.05) is 5.32 Å². The van der Waals surface area contributed by atoms with Gasteiger partial charge in [0.05, 0.1) is 10.3 Å². The summed E-state index contributed by atoms with van der Waals surface area (Å²) in [5, 5.41) is 23.9. The molecule has 0 radical (unpaired) electrons. The Morgan fingerprint density at radius 2 is 2.08 bits per heavy atom. The second-order valence-electron chi connectivity index (χ2n) is 5.21. The second kappa shape index (κ2) is 6.26. The van der Waals surface area contributed by atoms with Gasteiger partial charge < -0.3 is 10.4 Å². The predicted octanol–water partition coefficient (Wildman–Crippen LogP) is 4.31. The summed E-state index contributed by atoms with van der Waals surface area (Å²) in [5.74, 6) is -0.191. The van der Waals surface area contributed by atoms with Crippen LogP contribution in [-0.2, 0) is 0 Å². The summed E-state index contributed by atoms with van der Waals surface area (Å²) in [7, 11) is 0. The highest BCUT2D eigenvalue weighted by Crippen LogP contribution is 2.36. The molecular formula is C15H11ClN4O4S. The van der Waals surface area contributed by atoms with E-state index in [0.717, 1.165) is 11.3 Å². The van der Waals surface area contributed by atoms with Gasteiger partial charge in [-0.2, -0.15) is 0 Å². The van der Waals surface area contributed by atoms with Crippen LogP contribution in [0.4, 0.5) is 17.2 Å². The maximum absolute atomic E-state index is 11.4. The third kappa shape index (κ3) is 3.11. The number of aryl methyl sites for hydroxylation is 2. The van der Waals surface area contributed by atoms with Gasteiger partial charge in [0.1, 0.15) is 26.4 Å². The number of carboxylic acids is 1.